The van der Waals surface area contributed by atoms with Gasteiger partial charge in [0.2, 0.25) is 5.91 Å². The number of nitrogens with zero attached hydrogens (tertiary/aromatic N) is 1. The molecule has 0 aliphatic carbocycles. The number of hydrogen-bond donors (Lipinski definition) is 1. The molecule has 1 heterocycles. The molecular weight excluding hydrogens is 248 g/mol. The van der Waals surface area contributed by atoms with Crippen LogP contribution in [0.15, 0.2) is 30.3 Å². The molecule has 3 heteroatoms. The lowest BCUT2D eigenvalue weighted by Crippen LogP contribution is -2.36. The number of nitrogens with one attached hydrogen (secondary N) is 1. The number of carbonyl (C=O) groups excluding carboxylic acids is 1. The highest BCUT2D eigenvalue weighted by Crippen LogP contribution is 2.09. The van der Waals surface area contributed by atoms with E-state index < -0.39 is 0 Å². The molecule has 3 nitrogen and oxygen atoms in total. The summed E-state index contributed by atoms with van der Waals surface area (Å²) in [6.45, 7) is 10.6. The first-order valence-corrected chi connectivity index (χ1v) is 7.92. The number of likely N-dealkylation sites (tertiary alicyclic amines) is 1. The third kappa shape index (κ3) is 7.95. The Bertz CT molecular complexity index is 332. The van der Waals surface area contributed by atoms with E-state index in [1.54, 1.807) is 0 Å². The highest BCUT2D eigenvalue weighted by molar-refractivity contribution is 5.92. The van der Waals surface area contributed by atoms with Gasteiger partial charge in [-0.1, -0.05) is 52.3 Å². The number of amides is 1. The van der Waals surface area contributed by atoms with Crippen molar-refractivity contribution < 1.29 is 4.79 Å². The van der Waals surface area contributed by atoms with E-state index in [4.69, 9.17) is 0 Å². The first-order valence-electron chi connectivity index (χ1n) is 7.92. The van der Waals surface area contributed by atoms with E-state index in [2.05, 4.69) is 10.2 Å². The number of hydrogen-bond acceptors (Lipinski definition) is 2. The minimum absolute atomic E-state index is 0.0908. The second-order valence-corrected chi connectivity index (χ2v) is 4.25. The zero-order chi connectivity index (χ0) is 15.2. The van der Waals surface area contributed by atoms with Crippen LogP contribution in [0.2, 0.25) is 0 Å². The zero-order valence-corrected chi connectivity index (χ0v) is 13.5. The Labute approximate surface area is 124 Å². The van der Waals surface area contributed by atoms with Crippen molar-refractivity contribution in [3.05, 3.63) is 30.3 Å². The minimum Gasteiger partial charge on any atom is -0.325 e. The average Bonchev–Trinajstić information content (AvgIpc) is 2.53. The van der Waals surface area contributed by atoms with Gasteiger partial charge >= 0.3 is 0 Å². The molecule has 0 atom stereocenters. The Morgan fingerprint density at radius 3 is 2.10 bits per heavy atom. The summed E-state index contributed by atoms with van der Waals surface area (Å²) >= 11 is 0. The van der Waals surface area contributed by atoms with Gasteiger partial charge in [-0.15, -0.1) is 0 Å². The van der Waals surface area contributed by atoms with Gasteiger partial charge in [0, 0.05) is 5.69 Å². The second kappa shape index (κ2) is 12.7. The smallest absolute Gasteiger partial charge is 0.238 e. The zero-order valence-electron chi connectivity index (χ0n) is 13.5. The van der Waals surface area contributed by atoms with E-state index in [0.717, 1.165) is 18.8 Å². The highest BCUT2D eigenvalue weighted by Gasteiger charge is 2.13. The van der Waals surface area contributed by atoms with Crippen LogP contribution in [0.3, 0.4) is 0 Å². The summed E-state index contributed by atoms with van der Waals surface area (Å²) in [5.74, 6) is 0.0908. The van der Waals surface area contributed by atoms with Crippen LogP contribution in [0, 0.1) is 0 Å². The van der Waals surface area contributed by atoms with E-state index in [1.165, 1.54) is 19.3 Å². The van der Waals surface area contributed by atoms with E-state index in [-0.39, 0.29) is 5.91 Å². The van der Waals surface area contributed by atoms with Crippen molar-refractivity contribution in [2.45, 2.75) is 47.0 Å². The van der Waals surface area contributed by atoms with Crippen molar-refractivity contribution in [1.29, 1.82) is 0 Å². The minimum atomic E-state index is 0.0908. The lowest BCUT2D eigenvalue weighted by Gasteiger charge is -2.25. The molecule has 1 amide bonds. The normalized spacial score (nSPS) is 14.2. The topological polar surface area (TPSA) is 32.3 Å². The number of para-hydroxylation sites is 1. The van der Waals surface area contributed by atoms with Crippen LogP contribution in [-0.4, -0.2) is 30.4 Å². The number of carbonyl (C=O) groups is 1. The molecule has 114 valence electrons. The SMILES string of the molecule is CC.CC.O=C(CN1CCCCC1)Nc1ccccc1. The van der Waals surface area contributed by atoms with Gasteiger partial charge < -0.3 is 5.32 Å². The molecule has 2 rings (SSSR count). The lowest BCUT2D eigenvalue weighted by atomic mass is 10.1. The van der Waals surface area contributed by atoms with Gasteiger partial charge in [0.05, 0.1) is 6.54 Å². The summed E-state index contributed by atoms with van der Waals surface area (Å²) in [5.41, 5.74) is 0.879. The number of rotatable bonds is 3. The van der Waals surface area contributed by atoms with Gasteiger partial charge in [-0.2, -0.15) is 0 Å². The summed E-state index contributed by atoms with van der Waals surface area (Å²) in [6, 6.07) is 9.62. The number of anilines is 1. The van der Waals surface area contributed by atoms with Crippen LogP contribution in [-0.2, 0) is 4.79 Å². The molecule has 1 aliphatic rings. The number of benzene rings is 1. The van der Waals surface area contributed by atoms with Crippen molar-refractivity contribution in [3.63, 3.8) is 0 Å². The van der Waals surface area contributed by atoms with Crippen molar-refractivity contribution in [2.24, 2.45) is 0 Å². The maximum absolute atomic E-state index is 11.7. The van der Waals surface area contributed by atoms with E-state index in [0.29, 0.717) is 6.54 Å². The molecule has 1 aromatic rings. The summed E-state index contributed by atoms with van der Waals surface area (Å²) in [6.07, 6.45) is 3.74. The van der Waals surface area contributed by atoms with E-state index in [9.17, 15) is 4.79 Å². The Kier molecular flexibility index (Phi) is 11.8. The summed E-state index contributed by atoms with van der Waals surface area (Å²) in [5, 5.41) is 2.91. The molecule has 0 bridgehead atoms. The fourth-order valence-corrected chi connectivity index (χ4v) is 2.04. The molecule has 0 unspecified atom stereocenters. The number of piperidine rings is 1. The molecule has 20 heavy (non-hydrogen) atoms. The van der Waals surface area contributed by atoms with E-state index in [1.807, 2.05) is 58.0 Å². The first kappa shape index (κ1) is 18.7. The fourth-order valence-electron chi connectivity index (χ4n) is 2.04. The van der Waals surface area contributed by atoms with Crippen molar-refractivity contribution in [2.75, 3.05) is 25.0 Å². The highest BCUT2D eigenvalue weighted by atomic mass is 16.2. The van der Waals surface area contributed by atoms with Crippen molar-refractivity contribution in [3.8, 4) is 0 Å². The Hall–Kier alpha value is -1.35. The van der Waals surface area contributed by atoms with Crippen LogP contribution in [0.1, 0.15) is 47.0 Å². The van der Waals surface area contributed by atoms with Crippen molar-refractivity contribution in [1.82, 2.24) is 4.90 Å². The molecule has 1 N–H and O–H groups in total. The Morgan fingerprint density at radius 2 is 1.55 bits per heavy atom. The van der Waals surface area contributed by atoms with Crippen LogP contribution >= 0.6 is 0 Å². The van der Waals surface area contributed by atoms with Crippen LogP contribution < -0.4 is 5.32 Å². The summed E-state index contributed by atoms with van der Waals surface area (Å²) in [7, 11) is 0. The van der Waals surface area contributed by atoms with E-state index >= 15 is 0 Å². The van der Waals surface area contributed by atoms with Gasteiger partial charge in [-0.25, -0.2) is 0 Å². The summed E-state index contributed by atoms with van der Waals surface area (Å²) in [4.78, 5) is 14.0. The summed E-state index contributed by atoms with van der Waals surface area (Å²) < 4.78 is 0. The quantitative estimate of drug-likeness (QED) is 0.900. The molecule has 0 spiro atoms. The fraction of sp³-hybridized carbons (Fsp3) is 0.588. The van der Waals surface area contributed by atoms with Gasteiger partial charge in [-0.3, -0.25) is 9.69 Å². The molecule has 0 aromatic heterocycles. The predicted molar refractivity (Wildman–Crippen MR) is 88.1 cm³/mol. The van der Waals surface area contributed by atoms with Crippen LogP contribution in [0.4, 0.5) is 5.69 Å². The standard InChI is InChI=1S/C13H18N2O.2C2H6/c16-13(11-15-9-5-2-6-10-15)14-12-7-3-1-4-8-12;2*1-2/h1,3-4,7-8H,2,5-6,9-11H2,(H,14,16);2*1-2H3. The molecule has 1 aliphatic heterocycles. The van der Waals surface area contributed by atoms with Gasteiger partial charge in [0.15, 0.2) is 0 Å². The van der Waals surface area contributed by atoms with Crippen molar-refractivity contribution >= 4 is 11.6 Å². The third-order valence-corrected chi connectivity index (χ3v) is 2.87. The van der Waals surface area contributed by atoms with Gasteiger partial charge in [-0.05, 0) is 38.1 Å². The van der Waals surface area contributed by atoms with Gasteiger partial charge in [0.1, 0.15) is 0 Å². The second-order valence-electron chi connectivity index (χ2n) is 4.25. The lowest BCUT2D eigenvalue weighted by molar-refractivity contribution is -0.117. The molecular formula is C17H30N2O. The predicted octanol–water partition coefficient (Wildman–Crippen LogP) is 4.16. The Morgan fingerprint density at radius 1 is 1.00 bits per heavy atom. The monoisotopic (exact) mass is 278 g/mol. The first-order chi connectivity index (χ1) is 9.84. The third-order valence-electron chi connectivity index (χ3n) is 2.87. The molecule has 1 fully saturated rings. The maximum Gasteiger partial charge on any atom is 0.238 e. The molecule has 1 saturated heterocycles. The molecule has 1 aromatic carbocycles. The molecule has 0 saturated carbocycles. The Balaban J connectivity index is 0.000000829. The maximum atomic E-state index is 11.7. The van der Waals surface area contributed by atoms with Crippen LogP contribution in [0.25, 0.3) is 0 Å². The van der Waals surface area contributed by atoms with Crippen LogP contribution in [0.5, 0.6) is 0 Å². The van der Waals surface area contributed by atoms with Gasteiger partial charge in [0.25, 0.3) is 0 Å². The largest absolute Gasteiger partial charge is 0.325 e. The average molecular weight is 278 g/mol. The molecule has 0 radical (unpaired) electrons.